The summed E-state index contributed by atoms with van der Waals surface area (Å²) >= 11 is 0. The Labute approximate surface area is 64.2 Å². The van der Waals surface area contributed by atoms with Crippen LogP contribution in [0.2, 0.25) is 0 Å². The summed E-state index contributed by atoms with van der Waals surface area (Å²) in [6, 6.07) is 0.676. The molecule has 10 heavy (non-hydrogen) atoms. The Bertz CT molecular complexity index is 67.7. The average Bonchev–Trinajstić information content (AvgIpc) is 2.42. The Hall–Kier alpha value is -0.0800. The van der Waals surface area contributed by atoms with Crippen LogP contribution in [0.3, 0.4) is 0 Å². The van der Waals surface area contributed by atoms with Crippen LogP contribution in [0, 0.1) is 0 Å². The van der Waals surface area contributed by atoms with Crippen LogP contribution in [-0.4, -0.2) is 38.3 Å². The lowest BCUT2D eigenvalue weighted by Gasteiger charge is -2.15. The van der Waals surface area contributed by atoms with Gasteiger partial charge in [-0.15, -0.1) is 0 Å². The van der Waals surface area contributed by atoms with E-state index >= 15 is 0 Å². The maximum atomic E-state index is 5.18. The molecule has 1 heterocycles. The molecule has 0 bridgehead atoms. The quantitative estimate of drug-likeness (QED) is 0.552. The molecule has 2 nitrogen and oxygen atoms in total. The Morgan fingerprint density at radius 1 is 1.30 bits per heavy atom. The smallest absolute Gasteiger partial charge is 0.0622 e. The third-order valence-corrected chi connectivity index (χ3v) is 1.64. The van der Waals surface area contributed by atoms with Gasteiger partial charge in [0.25, 0.3) is 0 Å². The maximum absolute atomic E-state index is 5.18. The van der Waals surface area contributed by atoms with E-state index in [0.29, 0.717) is 6.04 Å². The number of rotatable bonds is 1. The zero-order valence-corrected chi connectivity index (χ0v) is 7.55. The summed E-state index contributed by atoms with van der Waals surface area (Å²) in [5.74, 6) is 0. The summed E-state index contributed by atoms with van der Waals surface area (Å²) in [7, 11) is 4.19. The van der Waals surface area contributed by atoms with Crippen molar-refractivity contribution in [3.8, 4) is 0 Å². The fraction of sp³-hybridized carbons (Fsp3) is 1.00. The van der Waals surface area contributed by atoms with Crippen LogP contribution < -0.4 is 0 Å². The first kappa shape index (κ1) is 9.92. The van der Waals surface area contributed by atoms with E-state index in [1.54, 1.807) is 0 Å². The molecule has 0 aromatic heterocycles. The molecule has 0 amide bonds. The van der Waals surface area contributed by atoms with Gasteiger partial charge in [-0.25, -0.2) is 0 Å². The highest BCUT2D eigenvalue weighted by atomic mass is 16.5. The monoisotopic (exact) mass is 145 g/mol. The van der Waals surface area contributed by atoms with Crippen LogP contribution >= 0.6 is 0 Å². The van der Waals surface area contributed by atoms with E-state index in [9.17, 15) is 0 Å². The van der Waals surface area contributed by atoms with E-state index in [1.807, 2.05) is 13.8 Å². The molecule has 1 atom stereocenters. The van der Waals surface area contributed by atoms with Gasteiger partial charge >= 0.3 is 0 Å². The lowest BCUT2D eigenvalue weighted by Crippen LogP contribution is -2.27. The van der Waals surface area contributed by atoms with E-state index in [0.717, 1.165) is 13.2 Å². The standard InChI is InChI=1S/C6H13NO.C2H6/c1-7(2)6-3-4-8-5-6;1-2/h6H,3-5H2,1-2H3;1-2H3. The summed E-state index contributed by atoms with van der Waals surface area (Å²) < 4.78 is 5.18. The van der Waals surface area contributed by atoms with Crippen LogP contribution in [0.25, 0.3) is 0 Å². The highest BCUT2D eigenvalue weighted by Crippen LogP contribution is 2.07. The molecule has 0 aliphatic carbocycles. The van der Waals surface area contributed by atoms with E-state index < -0.39 is 0 Å². The third-order valence-electron chi connectivity index (χ3n) is 1.64. The predicted octanol–water partition coefficient (Wildman–Crippen LogP) is 1.36. The van der Waals surface area contributed by atoms with E-state index in [2.05, 4.69) is 19.0 Å². The zero-order chi connectivity index (χ0) is 7.98. The molecule has 1 fully saturated rings. The first-order chi connectivity index (χ1) is 4.80. The van der Waals surface area contributed by atoms with Crippen LogP contribution in [0.5, 0.6) is 0 Å². The Balaban J connectivity index is 0.000000371. The Morgan fingerprint density at radius 3 is 2.10 bits per heavy atom. The summed E-state index contributed by atoms with van der Waals surface area (Å²) in [6.45, 7) is 5.87. The summed E-state index contributed by atoms with van der Waals surface area (Å²) in [4.78, 5) is 2.22. The SMILES string of the molecule is CC.CN(C)C1CCOC1. The van der Waals surface area contributed by atoms with Gasteiger partial charge in [0.2, 0.25) is 0 Å². The molecule has 0 aromatic carbocycles. The van der Waals surface area contributed by atoms with E-state index in [-0.39, 0.29) is 0 Å². The molecular weight excluding hydrogens is 126 g/mol. The van der Waals surface area contributed by atoms with Crippen molar-refractivity contribution in [1.29, 1.82) is 0 Å². The Kier molecular flexibility index (Phi) is 5.64. The summed E-state index contributed by atoms with van der Waals surface area (Å²) in [5.41, 5.74) is 0. The van der Waals surface area contributed by atoms with Crippen molar-refractivity contribution in [2.24, 2.45) is 0 Å². The number of likely N-dealkylation sites (N-methyl/N-ethyl adjacent to an activating group) is 1. The largest absolute Gasteiger partial charge is 0.380 e. The molecule has 1 aliphatic rings. The third kappa shape index (κ3) is 3.18. The second kappa shape index (κ2) is 5.69. The molecule has 1 aliphatic heterocycles. The fourth-order valence-corrected chi connectivity index (χ4v) is 0.929. The topological polar surface area (TPSA) is 12.5 Å². The van der Waals surface area contributed by atoms with Gasteiger partial charge in [0.05, 0.1) is 6.61 Å². The highest BCUT2D eigenvalue weighted by molar-refractivity contribution is 4.69. The van der Waals surface area contributed by atoms with E-state index in [1.165, 1.54) is 6.42 Å². The second-order valence-electron chi connectivity index (χ2n) is 2.48. The van der Waals surface area contributed by atoms with Crippen LogP contribution in [-0.2, 0) is 4.74 Å². The van der Waals surface area contributed by atoms with Crippen molar-refractivity contribution in [3.05, 3.63) is 0 Å². The molecule has 2 heteroatoms. The minimum absolute atomic E-state index is 0.676. The number of hydrogen-bond donors (Lipinski definition) is 0. The molecule has 1 rings (SSSR count). The molecule has 1 unspecified atom stereocenters. The van der Waals surface area contributed by atoms with Crippen molar-refractivity contribution in [3.63, 3.8) is 0 Å². The molecule has 0 saturated carbocycles. The lowest BCUT2D eigenvalue weighted by atomic mass is 10.2. The minimum atomic E-state index is 0.676. The van der Waals surface area contributed by atoms with Crippen LogP contribution in [0.15, 0.2) is 0 Å². The molecule has 0 N–H and O–H groups in total. The fourth-order valence-electron chi connectivity index (χ4n) is 0.929. The number of nitrogens with zero attached hydrogens (tertiary/aromatic N) is 1. The van der Waals surface area contributed by atoms with Gasteiger partial charge in [-0.05, 0) is 20.5 Å². The van der Waals surface area contributed by atoms with Gasteiger partial charge in [-0.2, -0.15) is 0 Å². The van der Waals surface area contributed by atoms with E-state index in [4.69, 9.17) is 4.74 Å². The molecular formula is C8H19NO. The molecule has 0 spiro atoms. The number of hydrogen-bond acceptors (Lipinski definition) is 2. The molecule has 1 saturated heterocycles. The number of ether oxygens (including phenoxy) is 1. The van der Waals surface area contributed by atoms with Gasteiger partial charge in [0.1, 0.15) is 0 Å². The van der Waals surface area contributed by atoms with Gasteiger partial charge in [-0.1, -0.05) is 13.8 Å². The van der Waals surface area contributed by atoms with Crippen molar-refractivity contribution in [1.82, 2.24) is 4.90 Å². The molecule has 62 valence electrons. The maximum Gasteiger partial charge on any atom is 0.0622 e. The van der Waals surface area contributed by atoms with Gasteiger partial charge in [-0.3, -0.25) is 0 Å². The summed E-state index contributed by atoms with van der Waals surface area (Å²) in [6.07, 6.45) is 1.20. The van der Waals surface area contributed by atoms with Crippen LogP contribution in [0.1, 0.15) is 20.3 Å². The van der Waals surface area contributed by atoms with Crippen molar-refractivity contribution < 1.29 is 4.74 Å². The van der Waals surface area contributed by atoms with Gasteiger partial charge < -0.3 is 9.64 Å². The van der Waals surface area contributed by atoms with Crippen LogP contribution in [0.4, 0.5) is 0 Å². The minimum Gasteiger partial charge on any atom is -0.380 e. The highest BCUT2D eigenvalue weighted by Gasteiger charge is 2.16. The Morgan fingerprint density at radius 2 is 1.90 bits per heavy atom. The zero-order valence-electron chi connectivity index (χ0n) is 7.55. The van der Waals surface area contributed by atoms with Crippen molar-refractivity contribution >= 4 is 0 Å². The second-order valence-corrected chi connectivity index (χ2v) is 2.48. The summed E-state index contributed by atoms with van der Waals surface area (Å²) in [5, 5.41) is 0. The predicted molar refractivity (Wildman–Crippen MR) is 44.3 cm³/mol. The average molecular weight is 145 g/mol. The first-order valence-corrected chi connectivity index (χ1v) is 4.05. The lowest BCUT2D eigenvalue weighted by molar-refractivity contribution is 0.170. The van der Waals surface area contributed by atoms with Crippen molar-refractivity contribution in [2.45, 2.75) is 26.3 Å². The molecule has 0 aromatic rings. The normalized spacial score (nSPS) is 24.3. The van der Waals surface area contributed by atoms with Gasteiger partial charge in [0.15, 0.2) is 0 Å². The first-order valence-electron chi connectivity index (χ1n) is 4.05. The molecule has 0 radical (unpaired) electrons. The van der Waals surface area contributed by atoms with Crippen molar-refractivity contribution in [2.75, 3.05) is 27.3 Å². The van der Waals surface area contributed by atoms with Gasteiger partial charge in [0, 0.05) is 12.6 Å².